The summed E-state index contributed by atoms with van der Waals surface area (Å²) in [7, 11) is 0. The van der Waals surface area contributed by atoms with E-state index in [9.17, 15) is 4.79 Å². The van der Waals surface area contributed by atoms with Gasteiger partial charge in [0.1, 0.15) is 0 Å². The first-order valence-corrected chi connectivity index (χ1v) is 7.07. The van der Waals surface area contributed by atoms with E-state index in [1.807, 2.05) is 10.9 Å². The number of aromatic nitrogens is 2. The van der Waals surface area contributed by atoms with Crippen LogP contribution in [0.5, 0.6) is 0 Å². The van der Waals surface area contributed by atoms with Gasteiger partial charge in [-0.25, -0.2) is 0 Å². The van der Waals surface area contributed by atoms with Crippen LogP contribution in [-0.2, 0) is 15.1 Å². The summed E-state index contributed by atoms with van der Waals surface area (Å²) in [5, 5.41) is 7.10. The first-order chi connectivity index (χ1) is 9.38. The summed E-state index contributed by atoms with van der Waals surface area (Å²) in [4.78, 5) is 12.2. The Morgan fingerprint density at radius 3 is 2.62 bits per heavy atom. The first-order valence-electron chi connectivity index (χ1n) is 7.07. The summed E-state index contributed by atoms with van der Waals surface area (Å²) < 4.78 is 7.11. The Bertz CT molecular complexity index is 464. The molecule has 21 heavy (non-hydrogen) atoms. The Morgan fingerprint density at radius 1 is 1.48 bits per heavy atom. The van der Waals surface area contributed by atoms with Gasteiger partial charge in [0.05, 0.1) is 23.5 Å². The fourth-order valence-electron chi connectivity index (χ4n) is 2.27. The van der Waals surface area contributed by atoms with Crippen molar-refractivity contribution >= 4 is 24.0 Å². The topological polar surface area (TPSA) is 82.2 Å². The summed E-state index contributed by atoms with van der Waals surface area (Å²) in [5.74, 6) is 0.0479. The molecule has 1 unspecified atom stereocenters. The van der Waals surface area contributed by atoms with Gasteiger partial charge in [0, 0.05) is 19.4 Å². The molecular weight excluding hydrogens is 292 g/mol. The van der Waals surface area contributed by atoms with E-state index in [1.54, 1.807) is 6.20 Å². The number of halogens is 1. The molecule has 1 fully saturated rings. The van der Waals surface area contributed by atoms with Crippen LogP contribution in [0, 0.1) is 5.92 Å². The minimum absolute atomic E-state index is 0. The highest BCUT2D eigenvalue weighted by molar-refractivity contribution is 5.94. The molecule has 0 saturated carbocycles. The van der Waals surface area contributed by atoms with E-state index in [-0.39, 0.29) is 29.8 Å². The lowest BCUT2D eigenvalue weighted by atomic mass is 9.92. The van der Waals surface area contributed by atoms with E-state index in [1.165, 1.54) is 0 Å². The number of amides is 1. The highest BCUT2D eigenvalue weighted by Gasteiger charge is 2.27. The number of hydrogen-bond donors (Lipinski definition) is 2. The zero-order chi connectivity index (χ0) is 14.8. The van der Waals surface area contributed by atoms with Crippen LogP contribution in [0.2, 0.25) is 0 Å². The van der Waals surface area contributed by atoms with Crippen molar-refractivity contribution in [3.8, 4) is 0 Å². The van der Waals surface area contributed by atoms with E-state index in [0.29, 0.717) is 18.9 Å². The molecule has 2 heterocycles. The van der Waals surface area contributed by atoms with Gasteiger partial charge >= 0.3 is 0 Å². The molecule has 0 radical (unpaired) electrons. The standard InChI is InChI=1S/C14H24N4O2.ClH/c1-14(2,3)18-9-11(8-16-18)17-13(19)12(15)10-4-6-20-7-5-10;/h8-10,12H,4-7,15H2,1-3H3,(H,17,19);1H. The molecule has 3 N–H and O–H groups in total. The van der Waals surface area contributed by atoms with Crippen LogP contribution in [-0.4, -0.2) is 34.9 Å². The third kappa shape index (κ3) is 4.69. The number of carbonyl (C=O) groups excluding carboxylic acids is 1. The number of ether oxygens (including phenoxy) is 1. The fraction of sp³-hybridized carbons (Fsp3) is 0.714. The van der Waals surface area contributed by atoms with Crippen LogP contribution in [0.25, 0.3) is 0 Å². The van der Waals surface area contributed by atoms with Crippen LogP contribution in [0.1, 0.15) is 33.6 Å². The molecule has 7 heteroatoms. The number of anilines is 1. The third-order valence-corrected chi connectivity index (χ3v) is 3.61. The lowest BCUT2D eigenvalue weighted by molar-refractivity contribution is -0.119. The smallest absolute Gasteiger partial charge is 0.241 e. The second-order valence-corrected chi connectivity index (χ2v) is 6.31. The molecule has 2 rings (SSSR count). The molecule has 0 spiro atoms. The monoisotopic (exact) mass is 316 g/mol. The van der Waals surface area contributed by atoms with Crippen molar-refractivity contribution in [2.24, 2.45) is 11.7 Å². The van der Waals surface area contributed by atoms with E-state index < -0.39 is 6.04 Å². The summed E-state index contributed by atoms with van der Waals surface area (Å²) in [6, 6.07) is -0.489. The second kappa shape index (κ2) is 7.24. The normalized spacial score (nSPS) is 17.9. The maximum absolute atomic E-state index is 12.2. The lowest BCUT2D eigenvalue weighted by Gasteiger charge is -2.26. The van der Waals surface area contributed by atoms with Crippen LogP contribution < -0.4 is 11.1 Å². The zero-order valence-corrected chi connectivity index (χ0v) is 13.7. The van der Waals surface area contributed by atoms with Gasteiger partial charge in [-0.3, -0.25) is 9.48 Å². The molecule has 0 aromatic carbocycles. The molecule has 1 aromatic heterocycles. The van der Waals surface area contributed by atoms with Gasteiger partial charge < -0.3 is 15.8 Å². The van der Waals surface area contributed by atoms with Gasteiger partial charge in [-0.15, -0.1) is 12.4 Å². The lowest BCUT2D eigenvalue weighted by Crippen LogP contribution is -2.43. The Balaban J connectivity index is 0.00000220. The fourth-order valence-corrected chi connectivity index (χ4v) is 2.27. The van der Waals surface area contributed by atoms with Crippen molar-refractivity contribution in [2.75, 3.05) is 18.5 Å². The molecule has 6 nitrogen and oxygen atoms in total. The van der Waals surface area contributed by atoms with E-state index in [2.05, 4.69) is 31.2 Å². The number of carbonyl (C=O) groups is 1. The van der Waals surface area contributed by atoms with Gasteiger partial charge in [0.15, 0.2) is 0 Å². The maximum atomic E-state index is 12.2. The Kier molecular flexibility index (Phi) is 6.19. The van der Waals surface area contributed by atoms with Crippen molar-refractivity contribution in [3.05, 3.63) is 12.4 Å². The van der Waals surface area contributed by atoms with Gasteiger partial charge in [-0.1, -0.05) is 0 Å². The Labute approximate surface area is 131 Å². The number of nitrogens with two attached hydrogens (primary N) is 1. The summed E-state index contributed by atoms with van der Waals surface area (Å²) in [6.07, 6.45) is 5.17. The van der Waals surface area contributed by atoms with Gasteiger partial charge in [-0.05, 0) is 39.5 Å². The molecular formula is C14H25ClN4O2. The Hall–Kier alpha value is -1.11. The van der Waals surface area contributed by atoms with Gasteiger partial charge in [0.25, 0.3) is 0 Å². The van der Waals surface area contributed by atoms with Crippen molar-refractivity contribution in [2.45, 2.75) is 45.2 Å². The molecule has 0 bridgehead atoms. The van der Waals surface area contributed by atoms with Crippen LogP contribution >= 0.6 is 12.4 Å². The predicted octanol–water partition coefficient (Wildman–Crippen LogP) is 1.75. The number of rotatable bonds is 3. The number of nitrogens with one attached hydrogen (secondary N) is 1. The molecule has 1 saturated heterocycles. The van der Waals surface area contributed by atoms with Crippen LogP contribution in [0.15, 0.2) is 12.4 Å². The summed E-state index contributed by atoms with van der Waals surface area (Å²) >= 11 is 0. The Morgan fingerprint density at radius 2 is 2.10 bits per heavy atom. The third-order valence-electron chi connectivity index (χ3n) is 3.61. The molecule has 1 aromatic rings. The predicted molar refractivity (Wildman–Crippen MR) is 84.6 cm³/mol. The highest BCUT2D eigenvalue weighted by atomic mass is 35.5. The van der Waals surface area contributed by atoms with Crippen molar-refractivity contribution in [3.63, 3.8) is 0 Å². The average Bonchev–Trinajstić information content (AvgIpc) is 2.87. The van der Waals surface area contributed by atoms with Crippen LogP contribution in [0.3, 0.4) is 0 Å². The molecule has 0 aliphatic carbocycles. The van der Waals surface area contributed by atoms with Crippen LogP contribution in [0.4, 0.5) is 5.69 Å². The van der Waals surface area contributed by atoms with E-state index in [4.69, 9.17) is 10.5 Å². The summed E-state index contributed by atoms with van der Waals surface area (Å²) in [5.41, 5.74) is 6.62. The van der Waals surface area contributed by atoms with Crippen molar-refractivity contribution in [1.29, 1.82) is 0 Å². The minimum atomic E-state index is -0.489. The minimum Gasteiger partial charge on any atom is -0.381 e. The van der Waals surface area contributed by atoms with E-state index >= 15 is 0 Å². The SMILES string of the molecule is CC(C)(C)n1cc(NC(=O)C(N)C2CCOCC2)cn1.Cl. The van der Waals surface area contributed by atoms with Gasteiger partial charge in [-0.2, -0.15) is 5.10 Å². The first kappa shape index (κ1) is 17.9. The number of hydrogen-bond acceptors (Lipinski definition) is 4. The molecule has 120 valence electrons. The quantitative estimate of drug-likeness (QED) is 0.890. The molecule has 1 aliphatic heterocycles. The largest absolute Gasteiger partial charge is 0.381 e. The molecule has 1 aliphatic rings. The maximum Gasteiger partial charge on any atom is 0.241 e. The number of nitrogens with zero attached hydrogens (tertiary/aromatic N) is 2. The second-order valence-electron chi connectivity index (χ2n) is 6.31. The zero-order valence-electron chi connectivity index (χ0n) is 12.8. The van der Waals surface area contributed by atoms with E-state index in [0.717, 1.165) is 12.8 Å². The van der Waals surface area contributed by atoms with Crippen molar-refractivity contribution in [1.82, 2.24) is 9.78 Å². The highest BCUT2D eigenvalue weighted by Crippen LogP contribution is 2.20. The average molecular weight is 317 g/mol. The summed E-state index contributed by atoms with van der Waals surface area (Å²) in [6.45, 7) is 7.54. The molecule has 1 amide bonds. The van der Waals surface area contributed by atoms with Crippen molar-refractivity contribution < 1.29 is 9.53 Å². The van der Waals surface area contributed by atoms with Gasteiger partial charge in [0.2, 0.25) is 5.91 Å². The molecule has 1 atom stereocenters.